The van der Waals surface area contributed by atoms with Crippen LogP contribution in [0.25, 0.3) is 0 Å². The van der Waals surface area contributed by atoms with Gasteiger partial charge in [0, 0.05) is 50.5 Å². The summed E-state index contributed by atoms with van der Waals surface area (Å²) in [7, 11) is 0. The molecule has 30 heavy (non-hydrogen) atoms. The lowest BCUT2D eigenvalue weighted by Crippen LogP contribution is -2.50. The van der Waals surface area contributed by atoms with Gasteiger partial charge < -0.3 is 19.4 Å². The van der Waals surface area contributed by atoms with E-state index < -0.39 is 0 Å². The predicted octanol–water partition coefficient (Wildman–Crippen LogP) is 2.93. The Morgan fingerprint density at radius 3 is 2.27 bits per heavy atom. The van der Waals surface area contributed by atoms with E-state index in [-0.39, 0.29) is 30.0 Å². The minimum atomic E-state index is -0.318. The van der Waals surface area contributed by atoms with E-state index in [9.17, 15) is 14.0 Å². The monoisotopic (exact) mass is 411 g/mol. The molecule has 0 aliphatic carbocycles. The number of carbonyl (C=O) groups excluding carboxylic acids is 2. The Balaban J connectivity index is 1.34. The summed E-state index contributed by atoms with van der Waals surface area (Å²) < 4.78 is 18.6. The fourth-order valence-electron chi connectivity index (χ4n) is 4.11. The highest BCUT2D eigenvalue weighted by atomic mass is 19.1. The van der Waals surface area contributed by atoms with Crippen molar-refractivity contribution in [3.63, 3.8) is 0 Å². The zero-order chi connectivity index (χ0) is 21.1. The molecule has 0 unspecified atom stereocenters. The van der Waals surface area contributed by atoms with Crippen LogP contribution in [0, 0.1) is 11.7 Å². The molecule has 158 valence electrons. The molecule has 2 aromatic rings. The molecular weight excluding hydrogens is 385 g/mol. The van der Waals surface area contributed by atoms with Crippen molar-refractivity contribution in [3.8, 4) is 5.75 Å². The summed E-state index contributed by atoms with van der Waals surface area (Å²) in [5, 5.41) is 0. The number of benzene rings is 2. The van der Waals surface area contributed by atoms with Crippen LogP contribution in [-0.2, 0) is 9.59 Å². The highest BCUT2D eigenvalue weighted by Crippen LogP contribution is 2.28. The lowest BCUT2D eigenvalue weighted by molar-refractivity contribution is -0.136. The quantitative estimate of drug-likeness (QED) is 0.759. The first-order valence-electron chi connectivity index (χ1n) is 10.4. The number of ether oxygens (including phenoxy) is 1. The highest BCUT2D eigenvalue weighted by Gasteiger charge is 2.38. The molecule has 0 saturated carbocycles. The Bertz CT molecular complexity index is 893. The van der Waals surface area contributed by atoms with Crippen molar-refractivity contribution in [1.82, 2.24) is 4.90 Å². The molecule has 2 aromatic carbocycles. The van der Waals surface area contributed by atoms with Crippen LogP contribution in [-0.4, -0.2) is 56.0 Å². The van der Waals surface area contributed by atoms with E-state index in [4.69, 9.17) is 4.74 Å². The first-order chi connectivity index (χ1) is 14.5. The van der Waals surface area contributed by atoms with E-state index in [0.29, 0.717) is 39.3 Å². The molecule has 4 rings (SSSR count). The fraction of sp³-hybridized carbons (Fsp3) is 0.391. The van der Waals surface area contributed by atoms with Crippen LogP contribution in [0.15, 0.2) is 48.5 Å². The number of amides is 2. The van der Waals surface area contributed by atoms with Gasteiger partial charge in [0.15, 0.2) is 0 Å². The second-order valence-corrected chi connectivity index (χ2v) is 7.62. The lowest BCUT2D eigenvalue weighted by atomic mass is 10.1. The van der Waals surface area contributed by atoms with Gasteiger partial charge in [-0.1, -0.05) is 0 Å². The number of piperazine rings is 1. The van der Waals surface area contributed by atoms with Gasteiger partial charge in [-0.25, -0.2) is 4.39 Å². The van der Waals surface area contributed by atoms with Gasteiger partial charge in [-0.3, -0.25) is 9.59 Å². The average molecular weight is 411 g/mol. The van der Waals surface area contributed by atoms with E-state index >= 15 is 0 Å². The molecule has 2 heterocycles. The largest absolute Gasteiger partial charge is 0.494 e. The minimum absolute atomic E-state index is 0.0255. The predicted molar refractivity (Wildman–Crippen MR) is 113 cm³/mol. The number of hydrogen-bond donors (Lipinski definition) is 0. The highest BCUT2D eigenvalue weighted by molar-refractivity contribution is 6.00. The standard InChI is InChI=1S/C23H26FN3O3/c1-2-30-21-9-7-20(8-10-21)27-16-17(15-22(27)28)23(29)26-13-11-25(12-14-26)19-5-3-18(24)4-6-19/h3-10,17H,2,11-16H2,1H3/t17-/m0/s1. The van der Waals surface area contributed by atoms with Gasteiger partial charge in [-0.05, 0) is 55.5 Å². The van der Waals surface area contributed by atoms with Crippen molar-refractivity contribution in [3.05, 3.63) is 54.3 Å². The number of halogens is 1. The number of anilines is 2. The summed E-state index contributed by atoms with van der Waals surface area (Å²) in [6.45, 7) is 5.51. The molecule has 0 spiro atoms. The normalized spacial score (nSPS) is 19.3. The van der Waals surface area contributed by atoms with Gasteiger partial charge in [0.2, 0.25) is 11.8 Å². The third kappa shape index (κ3) is 4.25. The summed E-state index contributed by atoms with van der Waals surface area (Å²) in [5.41, 5.74) is 1.75. The average Bonchev–Trinajstić information content (AvgIpc) is 3.16. The zero-order valence-corrected chi connectivity index (χ0v) is 17.1. The third-order valence-corrected chi connectivity index (χ3v) is 5.72. The van der Waals surface area contributed by atoms with Gasteiger partial charge in [-0.2, -0.15) is 0 Å². The topological polar surface area (TPSA) is 53.1 Å². The Labute approximate surface area is 175 Å². The number of carbonyl (C=O) groups is 2. The molecule has 2 aliphatic heterocycles. The Kier molecular flexibility index (Phi) is 5.88. The smallest absolute Gasteiger partial charge is 0.228 e. The molecule has 0 aromatic heterocycles. The third-order valence-electron chi connectivity index (χ3n) is 5.72. The maximum Gasteiger partial charge on any atom is 0.228 e. The van der Waals surface area contributed by atoms with Crippen LogP contribution in [0.4, 0.5) is 15.8 Å². The zero-order valence-electron chi connectivity index (χ0n) is 17.1. The summed E-state index contributed by atoms with van der Waals surface area (Å²) >= 11 is 0. The van der Waals surface area contributed by atoms with Crippen LogP contribution in [0.1, 0.15) is 13.3 Å². The molecule has 2 aliphatic rings. The van der Waals surface area contributed by atoms with E-state index in [1.165, 1.54) is 12.1 Å². The summed E-state index contributed by atoms with van der Waals surface area (Å²) in [6.07, 6.45) is 0.240. The van der Waals surface area contributed by atoms with Crippen LogP contribution in [0.5, 0.6) is 5.75 Å². The maximum absolute atomic E-state index is 13.1. The van der Waals surface area contributed by atoms with Crippen LogP contribution in [0.2, 0.25) is 0 Å². The number of nitrogens with zero attached hydrogens (tertiary/aromatic N) is 3. The molecule has 0 bridgehead atoms. The van der Waals surface area contributed by atoms with Crippen LogP contribution in [0.3, 0.4) is 0 Å². The Morgan fingerprint density at radius 2 is 1.63 bits per heavy atom. The molecule has 2 saturated heterocycles. The second kappa shape index (κ2) is 8.73. The Morgan fingerprint density at radius 1 is 1.00 bits per heavy atom. The van der Waals surface area contributed by atoms with Crippen molar-refractivity contribution in [2.24, 2.45) is 5.92 Å². The first kappa shape index (κ1) is 20.2. The van der Waals surface area contributed by atoms with Gasteiger partial charge in [0.25, 0.3) is 0 Å². The molecule has 1 atom stereocenters. The Hall–Kier alpha value is -3.09. The molecule has 2 fully saturated rings. The van der Waals surface area contributed by atoms with Crippen molar-refractivity contribution < 1.29 is 18.7 Å². The number of hydrogen-bond acceptors (Lipinski definition) is 4. The molecule has 0 N–H and O–H groups in total. The van der Waals surface area contributed by atoms with Gasteiger partial charge in [0.05, 0.1) is 12.5 Å². The van der Waals surface area contributed by atoms with E-state index in [2.05, 4.69) is 4.90 Å². The van der Waals surface area contributed by atoms with E-state index in [1.54, 1.807) is 17.0 Å². The lowest BCUT2D eigenvalue weighted by Gasteiger charge is -2.37. The summed E-state index contributed by atoms with van der Waals surface area (Å²) in [5.74, 6) is 0.203. The van der Waals surface area contributed by atoms with Crippen molar-refractivity contribution in [2.45, 2.75) is 13.3 Å². The van der Waals surface area contributed by atoms with Crippen LogP contribution >= 0.6 is 0 Å². The SMILES string of the molecule is CCOc1ccc(N2C[C@@H](C(=O)N3CCN(c4ccc(F)cc4)CC3)CC2=O)cc1. The van der Waals surface area contributed by atoms with Crippen molar-refractivity contribution in [2.75, 3.05) is 49.1 Å². The number of rotatable bonds is 5. The van der Waals surface area contributed by atoms with Crippen molar-refractivity contribution in [1.29, 1.82) is 0 Å². The van der Waals surface area contributed by atoms with Crippen LogP contribution < -0.4 is 14.5 Å². The second-order valence-electron chi connectivity index (χ2n) is 7.62. The van der Waals surface area contributed by atoms with Gasteiger partial charge >= 0.3 is 0 Å². The first-order valence-corrected chi connectivity index (χ1v) is 10.4. The summed E-state index contributed by atoms with van der Waals surface area (Å²) in [4.78, 5) is 31.2. The fourth-order valence-corrected chi connectivity index (χ4v) is 4.11. The van der Waals surface area contributed by atoms with Gasteiger partial charge in [0.1, 0.15) is 11.6 Å². The van der Waals surface area contributed by atoms with Gasteiger partial charge in [-0.15, -0.1) is 0 Å². The molecule has 6 nitrogen and oxygen atoms in total. The van der Waals surface area contributed by atoms with E-state index in [0.717, 1.165) is 17.1 Å². The van der Waals surface area contributed by atoms with E-state index in [1.807, 2.05) is 36.1 Å². The molecule has 7 heteroatoms. The minimum Gasteiger partial charge on any atom is -0.494 e. The summed E-state index contributed by atoms with van der Waals surface area (Å²) in [6, 6.07) is 13.8. The molecule has 2 amide bonds. The maximum atomic E-state index is 13.1. The molecule has 0 radical (unpaired) electrons. The van der Waals surface area contributed by atoms with Crippen molar-refractivity contribution >= 4 is 23.2 Å². The molecular formula is C23H26FN3O3.